The molecule has 0 radical (unpaired) electrons. The fourth-order valence-corrected chi connectivity index (χ4v) is 0.640. The molecule has 0 heterocycles. The quantitative estimate of drug-likeness (QED) is 0.551. The van der Waals surface area contributed by atoms with Gasteiger partial charge in [0, 0.05) is 5.38 Å². The molecule has 0 spiro atoms. The number of alkyl halides is 1. The van der Waals surface area contributed by atoms with E-state index >= 15 is 0 Å². The van der Waals surface area contributed by atoms with Crippen molar-refractivity contribution >= 4 is 11.6 Å². The van der Waals surface area contributed by atoms with Crippen molar-refractivity contribution in [2.24, 2.45) is 0 Å². The Balaban J connectivity index is -0.000000180. The molecule has 1 unspecified atom stereocenters. The molecule has 0 aromatic carbocycles. The number of unbranched alkanes of at least 4 members (excludes halogenated alkanes) is 1. The number of hydrogen-bond acceptors (Lipinski definition) is 0. The van der Waals surface area contributed by atoms with E-state index in [4.69, 9.17) is 11.6 Å². The summed E-state index contributed by atoms with van der Waals surface area (Å²) >= 11 is 5.66. The van der Waals surface area contributed by atoms with E-state index < -0.39 is 0 Å². The first-order valence-corrected chi connectivity index (χ1v) is 3.35. The maximum atomic E-state index is 5.66. The summed E-state index contributed by atoms with van der Waals surface area (Å²) in [6.07, 6.45) is 3.69. The zero-order chi connectivity index (χ0) is 5.70. The molecule has 0 saturated heterocycles. The first-order chi connectivity index (χ1) is 3.27. The van der Waals surface area contributed by atoms with E-state index in [2.05, 4.69) is 6.92 Å². The van der Waals surface area contributed by atoms with Crippen LogP contribution < -0.4 is 0 Å². The summed E-state index contributed by atoms with van der Waals surface area (Å²) in [4.78, 5) is 0. The van der Waals surface area contributed by atoms with Gasteiger partial charge < -0.3 is 11.0 Å². The normalized spacial score (nSPS) is 11.0. The SMILES string of the molecule is CCCCC(C)Cl.O.O. The minimum Gasteiger partial charge on any atom is -0.412 e. The summed E-state index contributed by atoms with van der Waals surface area (Å²) < 4.78 is 0. The number of hydrogen-bond donors (Lipinski definition) is 0. The van der Waals surface area contributed by atoms with Gasteiger partial charge in [0.2, 0.25) is 0 Å². The van der Waals surface area contributed by atoms with E-state index in [0.717, 1.165) is 6.42 Å². The maximum absolute atomic E-state index is 5.66. The van der Waals surface area contributed by atoms with Crippen LogP contribution in [0.15, 0.2) is 0 Å². The Morgan fingerprint density at radius 2 is 1.78 bits per heavy atom. The van der Waals surface area contributed by atoms with E-state index in [9.17, 15) is 0 Å². The van der Waals surface area contributed by atoms with Crippen molar-refractivity contribution in [2.75, 3.05) is 0 Å². The molecule has 0 aliphatic rings. The Kier molecular flexibility index (Phi) is 19.8. The van der Waals surface area contributed by atoms with E-state index in [1.165, 1.54) is 12.8 Å². The minimum atomic E-state index is 0. The summed E-state index contributed by atoms with van der Waals surface area (Å²) in [5, 5.41) is 0.375. The standard InChI is InChI=1S/C6H13Cl.2H2O/c1-3-4-5-6(2)7;;/h6H,3-5H2,1-2H3;2*1H2. The van der Waals surface area contributed by atoms with Crippen LogP contribution in [-0.2, 0) is 0 Å². The fraction of sp³-hybridized carbons (Fsp3) is 1.00. The first-order valence-electron chi connectivity index (χ1n) is 2.91. The molecule has 0 bridgehead atoms. The zero-order valence-corrected chi connectivity index (χ0v) is 6.83. The average molecular weight is 157 g/mol. The van der Waals surface area contributed by atoms with Crippen molar-refractivity contribution in [2.45, 2.75) is 38.5 Å². The van der Waals surface area contributed by atoms with Crippen molar-refractivity contribution in [3.8, 4) is 0 Å². The van der Waals surface area contributed by atoms with Gasteiger partial charge in [-0.3, -0.25) is 0 Å². The summed E-state index contributed by atoms with van der Waals surface area (Å²) in [5.74, 6) is 0. The van der Waals surface area contributed by atoms with Crippen LogP contribution in [0.5, 0.6) is 0 Å². The van der Waals surface area contributed by atoms with E-state index in [0.29, 0.717) is 5.38 Å². The fourth-order valence-electron chi connectivity index (χ4n) is 0.485. The topological polar surface area (TPSA) is 63.0 Å². The molecule has 0 aliphatic carbocycles. The second-order valence-corrected chi connectivity index (χ2v) is 2.67. The lowest BCUT2D eigenvalue weighted by molar-refractivity contribution is 0.708. The van der Waals surface area contributed by atoms with E-state index in [1.807, 2.05) is 6.92 Å². The third kappa shape index (κ3) is 17.9. The molecule has 0 amide bonds. The highest BCUT2D eigenvalue weighted by atomic mass is 35.5. The number of rotatable bonds is 3. The van der Waals surface area contributed by atoms with Crippen LogP contribution in [-0.4, -0.2) is 16.3 Å². The lowest BCUT2D eigenvalue weighted by atomic mass is 10.2. The maximum Gasteiger partial charge on any atom is 0.0307 e. The van der Waals surface area contributed by atoms with Gasteiger partial charge in [-0.2, -0.15) is 0 Å². The Morgan fingerprint density at radius 1 is 1.33 bits per heavy atom. The van der Waals surface area contributed by atoms with Gasteiger partial charge in [0.05, 0.1) is 0 Å². The minimum absolute atomic E-state index is 0. The smallest absolute Gasteiger partial charge is 0.0307 e. The molecule has 9 heavy (non-hydrogen) atoms. The molecule has 1 atom stereocenters. The van der Waals surface area contributed by atoms with Gasteiger partial charge in [-0.15, -0.1) is 11.6 Å². The summed E-state index contributed by atoms with van der Waals surface area (Å²) in [6.45, 7) is 4.22. The van der Waals surface area contributed by atoms with Crippen LogP contribution in [0, 0.1) is 0 Å². The van der Waals surface area contributed by atoms with Crippen molar-refractivity contribution in [3.05, 3.63) is 0 Å². The molecule has 60 valence electrons. The zero-order valence-electron chi connectivity index (χ0n) is 6.08. The molecule has 0 aliphatic heterocycles. The van der Waals surface area contributed by atoms with Crippen LogP contribution >= 0.6 is 11.6 Å². The van der Waals surface area contributed by atoms with Gasteiger partial charge >= 0.3 is 0 Å². The molecule has 0 fully saturated rings. The van der Waals surface area contributed by atoms with Gasteiger partial charge in [-0.05, 0) is 13.3 Å². The molecule has 4 N–H and O–H groups in total. The highest BCUT2D eigenvalue weighted by Crippen LogP contribution is 2.04. The summed E-state index contributed by atoms with van der Waals surface area (Å²) in [6, 6.07) is 0. The Labute approximate surface area is 61.8 Å². The molecule has 2 nitrogen and oxygen atoms in total. The van der Waals surface area contributed by atoms with Crippen molar-refractivity contribution < 1.29 is 11.0 Å². The molecule has 3 heteroatoms. The first kappa shape index (κ1) is 16.1. The van der Waals surface area contributed by atoms with Crippen LogP contribution in [0.3, 0.4) is 0 Å². The molecule has 0 aromatic rings. The van der Waals surface area contributed by atoms with Gasteiger partial charge in [0.25, 0.3) is 0 Å². The highest BCUT2D eigenvalue weighted by Gasteiger charge is 1.91. The van der Waals surface area contributed by atoms with Crippen molar-refractivity contribution in [1.29, 1.82) is 0 Å². The van der Waals surface area contributed by atoms with Crippen molar-refractivity contribution in [1.82, 2.24) is 0 Å². The third-order valence-electron chi connectivity index (χ3n) is 0.955. The Hall–Kier alpha value is 0.210. The molecule has 0 saturated carbocycles. The predicted molar refractivity (Wildman–Crippen MR) is 42.1 cm³/mol. The monoisotopic (exact) mass is 156 g/mol. The Bertz CT molecular complexity index is 40.0. The summed E-state index contributed by atoms with van der Waals surface area (Å²) in [7, 11) is 0. The third-order valence-corrected chi connectivity index (χ3v) is 1.17. The lowest BCUT2D eigenvalue weighted by Gasteiger charge is -1.96. The van der Waals surface area contributed by atoms with Gasteiger partial charge in [-0.1, -0.05) is 19.8 Å². The lowest BCUT2D eigenvalue weighted by Crippen LogP contribution is -1.87. The Morgan fingerprint density at radius 3 is 1.89 bits per heavy atom. The second kappa shape index (κ2) is 11.1. The van der Waals surface area contributed by atoms with E-state index in [1.54, 1.807) is 0 Å². The van der Waals surface area contributed by atoms with E-state index in [-0.39, 0.29) is 11.0 Å². The second-order valence-electron chi connectivity index (χ2n) is 1.92. The van der Waals surface area contributed by atoms with Crippen LogP contribution in [0.2, 0.25) is 0 Å². The average Bonchev–Trinajstić information content (AvgIpc) is 1.61. The predicted octanol–water partition coefficient (Wildman–Crippen LogP) is 1.15. The van der Waals surface area contributed by atoms with Gasteiger partial charge in [0.1, 0.15) is 0 Å². The molecule has 0 aromatic heterocycles. The highest BCUT2D eigenvalue weighted by molar-refractivity contribution is 6.20. The van der Waals surface area contributed by atoms with Crippen LogP contribution in [0.4, 0.5) is 0 Å². The van der Waals surface area contributed by atoms with Crippen LogP contribution in [0.1, 0.15) is 33.1 Å². The molecule has 0 rings (SSSR count). The van der Waals surface area contributed by atoms with Gasteiger partial charge in [0.15, 0.2) is 0 Å². The summed E-state index contributed by atoms with van der Waals surface area (Å²) in [5.41, 5.74) is 0. The molecular weight excluding hydrogens is 140 g/mol. The van der Waals surface area contributed by atoms with Gasteiger partial charge in [-0.25, -0.2) is 0 Å². The van der Waals surface area contributed by atoms with Crippen molar-refractivity contribution in [3.63, 3.8) is 0 Å². The number of halogens is 1. The van der Waals surface area contributed by atoms with Crippen LogP contribution in [0.25, 0.3) is 0 Å². The largest absolute Gasteiger partial charge is 0.412 e. The molecular formula is C6H17ClO2.